The monoisotopic (exact) mass is 311 g/mol. The lowest BCUT2D eigenvalue weighted by molar-refractivity contribution is 0.0595. The van der Waals surface area contributed by atoms with Gasteiger partial charge in [-0.15, -0.1) is 11.3 Å². The molecule has 0 saturated heterocycles. The normalized spacial score (nSPS) is 10.4. The maximum Gasteiger partial charge on any atom is 0.357 e. The number of rotatable bonds is 3. The van der Waals surface area contributed by atoms with Gasteiger partial charge in [-0.05, 0) is 18.2 Å². The quantitative estimate of drug-likeness (QED) is 0.592. The van der Waals surface area contributed by atoms with E-state index in [9.17, 15) is 9.59 Å². The topological polar surface area (TPSA) is 95.8 Å². The molecular weight excluding hydrogens is 302 g/mol. The van der Waals surface area contributed by atoms with Crippen LogP contribution in [0.25, 0.3) is 10.9 Å². The van der Waals surface area contributed by atoms with Crippen LogP contribution in [0.3, 0.4) is 0 Å². The Morgan fingerprint density at radius 2 is 2.23 bits per heavy atom. The zero-order valence-electron chi connectivity index (χ0n) is 11.4. The number of esters is 1. The minimum atomic E-state index is -0.582. The standard InChI is InChI=1S/C15H9N3O3S/c1-21-15(20)12-7-22-14(18-12)13(19)10-6-17-11-3-2-8(5-16)4-9(10)11/h2-4,6-7,17H,1H3. The molecule has 3 rings (SSSR count). The maximum absolute atomic E-state index is 12.5. The lowest BCUT2D eigenvalue weighted by atomic mass is 10.1. The van der Waals surface area contributed by atoms with Crippen LogP contribution in [0.15, 0.2) is 29.8 Å². The molecule has 108 valence electrons. The van der Waals surface area contributed by atoms with E-state index in [1.807, 2.05) is 6.07 Å². The molecule has 0 aliphatic heterocycles. The molecule has 1 N–H and O–H groups in total. The summed E-state index contributed by atoms with van der Waals surface area (Å²) in [5.41, 5.74) is 1.74. The number of nitrogens with zero attached hydrogens (tertiary/aromatic N) is 2. The summed E-state index contributed by atoms with van der Waals surface area (Å²) < 4.78 is 4.57. The molecular formula is C15H9N3O3S. The van der Waals surface area contributed by atoms with Crippen LogP contribution in [-0.4, -0.2) is 28.8 Å². The summed E-state index contributed by atoms with van der Waals surface area (Å²) in [5, 5.41) is 11.3. The number of H-pyrrole nitrogens is 1. The van der Waals surface area contributed by atoms with Crippen molar-refractivity contribution in [2.24, 2.45) is 0 Å². The fourth-order valence-corrected chi connectivity index (χ4v) is 2.81. The molecule has 0 bridgehead atoms. The molecule has 0 fully saturated rings. The largest absolute Gasteiger partial charge is 0.464 e. The van der Waals surface area contributed by atoms with E-state index in [1.165, 1.54) is 12.5 Å². The van der Waals surface area contributed by atoms with Gasteiger partial charge in [0, 0.05) is 22.5 Å². The number of carbonyl (C=O) groups excluding carboxylic acids is 2. The van der Waals surface area contributed by atoms with Crippen molar-refractivity contribution in [3.63, 3.8) is 0 Å². The number of ether oxygens (including phenoxy) is 1. The Morgan fingerprint density at radius 3 is 2.95 bits per heavy atom. The summed E-state index contributed by atoms with van der Waals surface area (Å²) in [6.07, 6.45) is 1.58. The first-order valence-electron chi connectivity index (χ1n) is 6.24. The molecule has 3 aromatic rings. The minimum absolute atomic E-state index is 0.105. The number of nitrogens with one attached hydrogen (secondary N) is 1. The van der Waals surface area contributed by atoms with Crippen molar-refractivity contribution in [1.29, 1.82) is 5.26 Å². The van der Waals surface area contributed by atoms with E-state index in [4.69, 9.17) is 5.26 Å². The van der Waals surface area contributed by atoms with Crippen LogP contribution < -0.4 is 0 Å². The van der Waals surface area contributed by atoms with Gasteiger partial charge in [0.1, 0.15) is 0 Å². The number of fused-ring (bicyclic) bond motifs is 1. The predicted molar refractivity (Wildman–Crippen MR) is 79.9 cm³/mol. The van der Waals surface area contributed by atoms with Crippen molar-refractivity contribution in [3.8, 4) is 6.07 Å². The second kappa shape index (κ2) is 5.42. The number of aromatic amines is 1. The SMILES string of the molecule is COC(=O)c1csc(C(=O)c2c[nH]c3ccc(C#N)cc23)n1. The van der Waals surface area contributed by atoms with Gasteiger partial charge in [-0.2, -0.15) is 5.26 Å². The molecule has 0 aliphatic carbocycles. The van der Waals surface area contributed by atoms with Gasteiger partial charge < -0.3 is 9.72 Å². The van der Waals surface area contributed by atoms with Crippen molar-refractivity contribution < 1.29 is 14.3 Å². The molecule has 2 aromatic heterocycles. The first kappa shape index (κ1) is 14.0. The Kier molecular flexibility index (Phi) is 3.45. The zero-order valence-corrected chi connectivity index (χ0v) is 12.2. The Labute approximate surface area is 129 Å². The third-order valence-corrected chi connectivity index (χ3v) is 3.99. The minimum Gasteiger partial charge on any atom is -0.464 e. The van der Waals surface area contributed by atoms with Gasteiger partial charge in [-0.25, -0.2) is 9.78 Å². The number of nitriles is 1. The van der Waals surface area contributed by atoms with Gasteiger partial charge >= 0.3 is 5.97 Å². The molecule has 0 aliphatic rings. The molecule has 0 unspecified atom stereocenters. The maximum atomic E-state index is 12.5. The molecule has 1 aromatic carbocycles. The van der Waals surface area contributed by atoms with E-state index in [-0.39, 0.29) is 16.5 Å². The van der Waals surface area contributed by atoms with Crippen LogP contribution in [0.2, 0.25) is 0 Å². The zero-order chi connectivity index (χ0) is 15.7. The van der Waals surface area contributed by atoms with Gasteiger partial charge in [0.05, 0.1) is 24.3 Å². The van der Waals surface area contributed by atoms with E-state index in [0.717, 1.165) is 16.9 Å². The van der Waals surface area contributed by atoms with Crippen LogP contribution in [0.5, 0.6) is 0 Å². The molecule has 6 nitrogen and oxygen atoms in total. The van der Waals surface area contributed by atoms with Gasteiger partial charge in [-0.3, -0.25) is 4.79 Å². The van der Waals surface area contributed by atoms with Gasteiger partial charge in [0.2, 0.25) is 5.78 Å². The fourth-order valence-electron chi connectivity index (χ4n) is 2.07. The average molecular weight is 311 g/mol. The third kappa shape index (κ3) is 2.25. The summed E-state index contributed by atoms with van der Waals surface area (Å²) in [7, 11) is 1.26. The highest BCUT2D eigenvalue weighted by Gasteiger charge is 2.20. The molecule has 7 heteroatoms. The summed E-state index contributed by atoms with van der Waals surface area (Å²) in [6.45, 7) is 0. The number of ketones is 1. The molecule has 22 heavy (non-hydrogen) atoms. The van der Waals surface area contributed by atoms with E-state index in [1.54, 1.807) is 24.4 Å². The molecule has 0 atom stereocenters. The van der Waals surface area contributed by atoms with Crippen molar-refractivity contribution in [3.05, 3.63) is 51.6 Å². The van der Waals surface area contributed by atoms with Crippen molar-refractivity contribution in [2.45, 2.75) is 0 Å². The number of hydrogen-bond donors (Lipinski definition) is 1. The fraction of sp³-hybridized carbons (Fsp3) is 0.0667. The third-order valence-electron chi connectivity index (χ3n) is 3.15. The Bertz CT molecular complexity index is 933. The van der Waals surface area contributed by atoms with Crippen LogP contribution in [-0.2, 0) is 4.74 Å². The van der Waals surface area contributed by atoms with Crippen molar-refractivity contribution in [1.82, 2.24) is 9.97 Å². The molecule has 2 heterocycles. The Hall–Kier alpha value is -2.98. The van der Waals surface area contributed by atoms with Gasteiger partial charge in [0.15, 0.2) is 10.7 Å². The predicted octanol–water partition coefficient (Wildman–Crippen LogP) is 2.51. The smallest absolute Gasteiger partial charge is 0.357 e. The molecule has 0 radical (unpaired) electrons. The van der Waals surface area contributed by atoms with Crippen LogP contribution >= 0.6 is 11.3 Å². The number of carbonyl (C=O) groups is 2. The summed E-state index contributed by atoms with van der Waals surface area (Å²) in [6, 6.07) is 7.10. The number of benzene rings is 1. The second-order valence-electron chi connectivity index (χ2n) is 4.43. The molecule has 0 amide bonds. The Morgan fingerprint density at radius 1 is 1.41 bits per heavy atom. The van der Waals surface area contributed by atoms with E-state index < -0.39 is 5.97 Å². The number of thiazole rings is 1. The molecule has 0 saturated carbocycles. The lowest BCUT2D eigenvalue weighted by Crippen LogP contribution is -2.04. The van der Waals surface area contributed by atoms with Gasteiger partial charge in [0.25, 0.3) is 0 Å². The van der Waals surface area contributed by atoms with Crippen molar-refractivity contribution in [2.75, 3.05) is 7.11 Å². The van der Waals surface area contributed by atoms with Crippen LogP contribution in [0.4, 0.5) is 0 Å². The van der Waals surface area contributed by atoms with Crippen LogP contribution in [0.1, 0.15) is 31.4 Å². The summed E-state index contributed by atoms with van der Waals surface area (Å²) in [4.78, 5) is 30.9. The lowest BCUT2D eigenvalue weighted by Gasteiger charge is -1.96. The number of hydrogen-bond acceptors (Lipinski definition) is 6. The van der Waals surface area contributed by atoms with E-state index >= 15 is 0 Å². The first-order chi connectivity index (χ1) is 10.6. The van der Waals surface area contributed by atoms with Gasteiger partial charge in [-0.1, -0.05) is 0 Å². The highest BCUT2D eigenvalue weighted by molar-refractivity contribution is 7.12. The molecule has 0 spiro atoms. The number of methoxy groups -OCH3 is 1. The van der Waals surface area contributed by atoms with Crippen LogP contribution in [0, 0.1) is 11.3 Å². The Balaban J connectivity index is 2.04. The highest BCUT2D eigenvalue weighted by atomic mass is 32.1. The van der Waals surface area contributed by atoms with E-state index in [2.05, 4.69) is 14.7 Å². The number of aromatic nitrogens is 2. The summed E-state index contributed by atoms with van der Waals surface area (Å²) in [5.74, 6) is -0.887. The summed E-state index contributed by atoms with van der Waals surface area (Å²) >= 11 is 1.08. The van der Waals surface area contributed by atoms with E-state index in [0.29, 0.717) is 16.5 Å². The van der Waals surface area contributed by atoms with Crippen molar-refractivity contribution >= 4 is 34.0 Å². The highest BCUT2D eigenvalue weighted by Crippen LogP contribution is 2.24. The second-order valence-corrected chi connectivity index (χ2v) is 5.29. The first-order valence-corrected chi connectivity index (χ1v) is 7.11. The average Bonchev–Trinajstić information content (AvgIpc) is 3.19.